The van der Waals surface area contributed by atoms with E-state index in [9.17, 15) is 14.4 Å². The van der Waals surface area contributed by atoms with Crippen molar-refractivity contribution in [3.05, 3.63) is 28.3 Å². The average molecular weight is 503 g/mol. The van der Waals surface area contributed by atoms with Crippen molar-refractivity contribution in [2.45, 2.75) is 71.9 Å². The molecule has 2 atom stereocenters. The molecular formula is C27H39ClN4O3. The number of benzene rings is 1. The molecule has 192 valence electrons. The molecule has 8 heteroatoms. The third-order valence-electron chi connectivity index (χ3n) is 8.00. The fourth-order valence-electron chi connectivity index (χ4n) is 5.94. The Balaban J connectivity index is 1.35. The smallest absolute Gasteiger partial charge is 0.226 e. The molecule has 2 aliphatic heterocycles. The number of rotatable bonds is 7. The molecule has 0 unspecified atom stereocenters. The average Bonchev–Trinajstić information content (AvgIpc) is 3.46. The molecule has 1 aromatic carbocycles. The van der Waals surface area contributed by atoms with E-state index in [1.807, 2.05) is 24.8 Å². The highest BCUT2D eigenvalue weighted by molar-refractivity contribution is 6.31. The predicted octanol–water partition coefficient (Wildman–Crippen LogP) is 4.07. The van der Waals surface area contributed by atoms with E-state index in [2.05, 4.69) is 22.0 Å². The Hall–Kier alpha value is -2.12. The number of hydrogen-bond acceptors (Lipinski definition) is 4. The summed E-state index contributed by atoms with van der Waals surface area (Å²) in [5.74, 6) is 0.670. The van der Waals surface area contributed by atoms with Crippen LogP contribution >= 0.6 is 11.6 Å². The number of amides is 3. The maximum absolute atomic E-state index is 12.9. The predicted molar refractivity (Wildman–Crippen MR) is 138 cm³/mol. The molecule has 35 heavy (non-hydrogen) atoms. The van der Waals surface area contributed by atoms with E-state index < -0.39 is 0 Å². The van der Waals surface area contributed by atoms with E-state index in [1.54, 1.807) is 6.07 Å². The van der Waals surface area contributed by atoms with Crippen LogP contribution in [0.25, 0.3) is 0 Å². The normalized spacial score (nSPS) is 23.8. The minimum atomic E-state index is -0.0790. The van der Waals surface area contributed by atoms with Crippen LogP contribution in [0, 0.1) is 18.8 Å². The number of halogens is 1. The first kappa shape index (κ1) is 26.0. The Morgan fingerprint density at radius 1 is 1.14 bits per heavy atom. The van der Waals surface area contributed by atoms with Crippen LogP contribution in [0.3, 0.4) is 0 Å². The van der Waals surface area contributed by atoms with Gasteiger partial charge in [-0.2, -0.15) is 0 Å². The maximum atomic E-state index is 12.9. The highest BCUT2D eigenvalue weighted by Gasteiger charge is 2.33. The van der Waals surface area contributed by atoms with Crippen LogP contribution in [0.1, 0.15) is 63.5 Å². The molecule has 3 amide bonds. The lowest BCUT2D eigenvalue weighted by Gasteiger charge is -2.41. The summed E-state index contributed by atoms with van der Waals surface area (Å²) in [6, 6.07) is 3.96. The van der Waals surface area contributed by atoms with Crippen LogP contribution in [0.5, 0.6) is 0 Å². The van der Waals surface area contributed by atoms with E-state index in [4.69, 9.17) is 11.6 Å². The highest BCUT2D eigenvalue weighted by Crippen LogP contribution is 2.30. The molecule has 0 aromatic heterocycles. The molecule has 0 bridgehead atoms. The monoisotopic (exact) mass is 502 g/mol. The molecule has 1 aromatic rings. The molecule has 2 heterocycles. The van der Waals surface area contributed by atoms with Crippen molar-refractivity contribution in [1.82, 2.24) is 14.7 Å². The van der Waals surface area contributed by atoms with Crippen molar-refractivity contribution < 1.29 is 14.4 Å². The van der Waals surface area contributed by atoms with Crippen LogP contribution in [0.15, 0.2) is 12.1 Å². The first-order chi connectivity index (χ1) is 16.7. The molecule has 1 saturated carbocycles. The molecule has 2 saturated heterocycles. The molecule has 0 spiro atoms. The topological polar surface area (TPSA) is 73.0 Å². The third-order valence-corrected chi connectivity index (χ3v) is 8.22. The van der Waals surface area contributed by atoms with Gasteiger partial charge in [0.25, 0.3) is 0 Å². The fraction of sp³-hybridized carbons (Fsp3) is 0.667. The van der Waals surface area contributed by atoms with Crippen LogP contribution in [0.2, 0.25) is 5.02 Å². The Morgan fingerprint density at radius 2 is 1.89 bits per heavy atom. The van der Waals surface area contributed by atoms with Gasteiger partial charge in [0.1, 0.15) is 0 Å². The number of nitrogens with zero attached hydrogens (tertiary/aromatic N) is 3. The minimum Gasteiger partial charge on any atom is -0.343 e. The van der Waals surface area contributed by atoms with Crippen molar-refractivity contribution >= 4 is 35.0 Å². The second-order valence-corrected chi connectivity index (χ2v) is 11.0. The van der Waals surface area contributed by atoms with Gasteiger partial charge in [0, 0.05) is 74.8 Å². The van der Waals surface area contributed by atoms with Gasteiger partial charge in [0.15, 0.2) is 0 Å². The largest absolute Gasteiger partial charge is 0.343 e. The third kappa shape index (κ3) is 6.18. The molecular weight excluding hydrogens is 464 g/mol. The zero-order chi connectivity index (χ0) is 25.1. The molecule has 0 radical (unpaired) electrons. The van der Waals surface area contributed by atoms with Crippen molar-refractivity contribution in [3.63, 3.8) is 0 Å². The number of anilines is 1. The lowest BCUT2D eigenvalue weighted by atomic mass is 10.0. The number of piperazine rings is 1. The summed E-state index contributed by atoms with van der Waals surface area (Å²) in [6.07, 6.45) is 5.19. The minimum absolute atomic E-state index is 0.0612. The Kier molecular flexibility index (Phi) is 8.38. The maximum Gasteiger partial charge on any atom is 0.226 e. The van der Waals surface area contributed by atoms with E-state index in [1.165, 1.54) is 12.8 Å². The second-order valence-electron chi connectivity index (χ2n) is 10.6. The highest BCUT2D eigenvalue weighted by atomic mass is 35.5. The Bertz CT molecular complexity index is 962. The summed E-state index contributed by atoms with van der Waals surface area (Å²) in [6.45, 7) is 10.6. The molecule has 4 rings (SSSR count). The van der Waals surface area contributed by atoms with Gasteiger partial charge in [-0.3, -0.25) is 19.3 Å². The summed E-state index contributed by atoms with van der Waals surface area (Å²) < 4.78 is 0. The van der Waals surface area contributed by atoms with Crippen molar-refractivity contribution in [2.24, 2.45) is 11.8 Å². The lowest BCUT2D eigenvalue weighted by Crippen LogP contribution is -2.54. The fourth-order valence-corrected chi connectivity index (χ4v) is 6.18. The van der Waals surface area contributed by atoms with Crippen molar-refractivity contribution in [2.75, 3.05) is 38.0 Å². The number of nitrogens with one attached hydrogen (secondary N) is 1. The van der Waals surface area contributed by atoms with Gasteiger partial charge in [0.2, 0.25) is 17.7 Å². The number of hydrogen-bond donors (Lipinski definition) is 1. The number of carbonyl (C=O) groups excluding carboxylic acids is 3. The van der Waals surface area contributed by atoms with Crippen molar-refractivity contribution in [1.29, 1.82) is 0 Å². The lowest BCUT2D eigenvalue weighted by molar-refractivity contribution is -0.140. The molecule has 1 N–H and O–H groups in total. The van der Waals surface area contributed by atoms with Gasteiger partial charge in [0.05, 0.1) is 0 Å². The van der Waals surface area contributed by atoms with Gasteiger partial charge in [-0.15, -0.1) is 0 Å². The van der Waals surface area contributed by atoms with Crippen LogP contribution in [-0.4, -0.2) is 71.2 Å². The Labute approximate surface area is 214 Å². The zero-order valence-corrected chi connectivity index (χ0v) is 22.1. The summed E-state index contributed by atoms with van der Waals surface area (Å²) in [5, 5.41) is 3.64. The van der Waals surface area contributed by atoms with Gasteiger partial charge in [-0.25, -0.2) is 0 Å². The SMILES string of the molecule is CCN1C[C@@H](CC(=O)Nc2cc(Cl)cc(CN3CCN(C(=O)C4CCCC4)[C@@H](C)C3)c2C)CC1=O. The Morgan fingerprint density at radius 3 is 2.54 bits per heavy atom. The van der Waals surface area contributed by atoms with Gasteiger partial charge in [-0.05, 0) is 62.8 Å². The number of carbonyl (C=O) groups is 3. The van der Waals surface area contributed by atoms with Gasteiger partial charge < -0.3 is 15.1 Å². The zero-order valence-electron chi connectivity index (χ0n) is 21.3. The quantitative estimate of drug-likeness (QED) is 0.610. The van der Waals surface area contributed by atoms with Crippen LogP contribution in [-0.2, 0) is 20.9 Å². The van der Waals surface area contributed by atoms with Crippen LogP contribution in [0.4, 0.5) is 5.69 Å². The second kappa shape index (κ2) is 11.3. The van der Waals surface area contributed by atoms with Crippen molar-refractivity contribution in [3.8, 4) is 0 Å². The number of likely N-dealkylation sites (tertiary alicyclic amines) is 1. The summed E-state index contributed by atoms with van der Waals surface area (Å²) in [5.41, 5.74) is 2.83. The van der Waals surface area contributed by atoms with E-state index in [0.29, 0.717) is 36.9 Å². The molecule has 3 fully saturated rings. The molecule has 3 aliphatic rings. The van der Waals surface area contributed by atoms with E-state index in [-0.39, 0.29) is 29.7 Å². The first-order valence-corrected chi connectivity index (χ1v) is 13.5. The van der Waals surface area contributed by atoms with E-state index in [0.717, 1.165) is 55.8 Å². The van der Waals surface area contributed by atoms with Crippen LogP contribution < -0.4 is 5.32 Å². The molecule has 1 aliphatic carbocycles. The van der Waals surface area contributed by atoms with Gasteiger partial charge >= 0.3 is 0 Å². The standard InChI is InChI=1S/C27H39ClN4O3/c1-4-31-16-20(12-26(31)34)11-25(33)29-24-14-23(28)13-22(19(24)3)17-30-9-10-32(18(2)15-30)27(35)21-7-5-6-8-21/h13-14,18,20-21H,4-12,15-17H2,1-3H3,(H,29,33)/t18-,20-/m0/s1. The molecule has 7 nitrogen and oxygen atoms in total. The summed E-state index contributed by atoms with van der Waals surface area (Å²) in [4.78, 5) is 43.9. The first-order valence-electron chi connectivity index (χ1n) is 13.1. The van der Waals surface area contributed by atoms with E-state index >= 15 is 0 Å². The summed E-state index contributed by atoms with van der Waals surface area (Å²) >= 11 is 6.44. The van der Waals surface area contributed by atoms with Gasteiger partial charge in [-0.1, -0.05) is 24.4 Å². The summed E-state index contributed by atoms with van der Waals surface area (Å²) in [7, 11) is 0.